The molecule has 2 rings (SSSR count). The number of nitrogens with one attached hydrogen (secondary N) is 1. The summed E-state index contributed by atoms with van der Waals surface area (Å²) < 4.78 is 0. The third-order valence-electron chi connectivity index (χ3n) is 2.42. The Labute approximate surface area is 72.0 Å². The van der Waals surface area contributed by atoms with Gasteiger partial charge in [-0.25, -0.2) is 0 Å². The van der Waals surface area contributed by atoms with E-state index in [1.54, 1.807) is 0 Å². The molecule has 0 aliphatic heterocycles. The maximum absolute atomic E-state index is 5.94. The number of hydrogen-bond donors (Lipinski definition) is 2. The number of aromatic nitrogens is 1. The van der Waals surface area contributed by atoms with Gasteiger partial charge in [-0.3, -0.25) is 4.98 Å². The van der Waals surface area contributed by atoms with Gasteiger partial charge in [-0.1, -0.05) is 6.07 Å². The van der Waals surface area contributed by atoms with Crippen LogP contribution in [0, 0.1) is 0 Å². The van der Waals surface area contributed by atoms with Gasteiger partial charge in [0.1, 0.15) is 0 Å². The fourth-order valence-electron chi connectivity index (χ4n) is 1.83. The first-order chi connectivity index (χ1) is 5.83. The number of nitrogens with two attached hydrogens (primary N) is 1. The second-order valence-electron chi connectivity index (χ2n) is 3.18. The van der Waals surface area contributed by atoms with Crippen molar-refractivity contribution in [3.8, 4) is 0 Å². The highest BCUT2D eigenvalue weighted by atomic mass is 15.0. The molecule has 0 radical (unpaired) electrons. The lowest BCUT2D eigenvalue weighted by Crippen LogP contribution is -2.33. The minimum Gasteiger partial charge on any atom is -0.326 e. The normalized spacial score (nSPS) is 27.2. The quantitative estimate of drug-likeness (QED) is 0.623. The van der Waals surface area contributed by atoms with Gasteiger partial charge < -0.3 is 11.1 Å². The molecule has 3 heteroatoms. The van der Waals surface area contributed by atoms with Gasteiger partial charge in [-0.05, 0) is 25.1 Å². The molecule has 0 unspecified atom stereocenters. The van der Waals surface area contributed by atoms with E-state index in [1.165, 1.54) is 5.56 Å². The summed E-state index contributed by atoms with van der Waals surface area (Å²) in [5.74, 6) is 0. The molecule has 0 saturated heterocycles. The molecule has 1 aliphatic rings. The highest BCUT2D eigenvalue weighted by molar-refractivity contribution is 5.30. The van der Waals surface area contributed by atoms with Crippen molar-refractivity contribution in [2.75, 3.05) is 7.05 Å². The summed E-state index contributed by atoms with van der Waals surface area (Å²) in [5, 5.41) is 3.18. The molecule has 12 heavy (non-hydrogen) atoms. The summed E-state index contributed by atoms with van der Waals surface area (Å²) in [6.07, 6.45) is 2.76. The summed E-state index contributed by atoms with van der Waals surface area (Å²) in [7, 11) is 1.92. The number of rotatable bonds is 1. The largest absolute Gasteiger partial charge is 0.326 e. The summed E-state index contributed by atoms with van der Waals surface area (Å²) in [5.41, 5.74) is 8.34. The fraction of sp³-hybridized carbons (Fsp3) is 0.444. The van der Waals surface area contributed by atoms with Gasteiger partial charge in [0.05, 0.1) is 11.7 Å². The van der Waals surface area contributed by atoms with Crippen LogP contribution in [0.2, 0.25) is 0 Å². The van der Waals surface area contributed by atoms with Crippen LogP contribution in [0.25, 0.3) is 0 Å². The van der Waals surface area contributed by atoms with E-state index in [2.05, 4.69) is 16.4 Å². The van der Waals surface area contributed by atoms with Gasteiger partial charge in [0.2, 0.25) is 0 Å². The van der Waals surface area contributed by atoms with Crippen molar-refractivity contribution < 1.29 is 0 Å². The van der Waals surface area contributed by atoms with E-state index in [4.69, 9.17) is 5.73 Å². The highest BCUT2D eigenvalue weighted by Gasteiger charge is 2.29. The molecule has 3 nitrogen and oxygen atoms in total. The van der Waals surface area contributed by atoms with E-state index >= 15 is 0 Å². The molecule has 0 aromatic carbocycles. The number of nitrogens with zero attached hydrogens (tertiary/aromatic N) is 1. The molecule has 1 heterocycles. The molecular formula is C9H13N3. The van der Waals surface area contributed by atoms with Crippen molar-refractivity contribution >= 4 is 0 Å². The standard InChI is InChI=1S/C9H13N3/c1-11-9-7(10)5-6-3-2-4-12-8(6)9/h2-4,7,9,11H,5,10H2,1H3/t7-,9+/m1/s1. The van der Waals surface area contributed by atoms with Gasteiger partial charge in [0.15, 0.2) is 0 Å². The van der Waals surface area contributed by atoms with E-state index in [9.17, 15) is 0 Å². The Hall–Kier alpha value is -0.930. The first-order valence-electron chi connectivity index (χ1n) is 4.19. The molecular weight excluding hydrogens is 150 g/mol. The summed E-state index contributed by atoms with van der Waals surface area (Å²) in [4.78, 5) is 4.32. The highest BCUT2D eigenvalue weighted by Crippen LogP contribution is 2.27. The number of fused-ring (bicyclic) bond motifs is 1. The molecule has 0 amide bonds. The van der Waals surface area contributed by atoms with Crippen LogP contribution in [-0.2, 0) is 6.42 Å². The van der Waals surface area contributed by atoms with Crippen LogP contribution in [0.1, 0.15) is 17.3 Å². The lowest BCUT2D eigenvalue weighted by atomic mass is 10.2. The molecule has 3 N–H and O–H groups in total. The van der Waals surface area contributed by atoms with E-state index in [0.29, 0.717) is 0 Å². The first-order valence-corrected chi connectivity index (χ1v) is 4.19. The summed E-state index contributed by atoms with van der Waals surface area (Å²) in [6, 6.07) is 4.48. The zero-order chi connectivity index (χ0) is 8.55. The molecule has 64 valence electrons. The van der Waals surface area contributed by atoms with Crippen molar-refractivity contribution in [1.29, 1.82) is 0 Å². The Morgan fingerprint density at radius 2 is 2.50 bits per heavy atom. The molecule has 0 spiro atoms. The molecule has 1 aromatic rings. The summed E-state index contributed by atoms with van der Waals surface area (Å²) in [6.45, 7) is 0. The van der Waals surface area contributed by atoms with Gasteiger partial charge in [-0.15, -0.1) is 0 Å². The third kappa shape index (κ3) is 1.02. The van der Waals surface area contributed by atoms with Crippen LogP contribution in [0.15, 0.2) is 18.3 Å². The molecule has 0 bridgehead atoms. The Bertz CT molecular complexity index is 285. The Morgan fingerprint density at radius 3 is 3.25 bits per heavy atom. The average molecular weight is 163 g/mol. The lowest BCUT2D eigenvalue weighted by Gasteiger charge is -2.13. The molecule has 2 atom stereocenters. The van der Waals surface area contributed by atoms with Crippen LogP contribution in [0.4, 0.5) is 0 Å². The molecule has 1 aliphatic carbocycles. The minimum absolute atomic E-state index is 0.180. The minimum atomic E-state index is 0.180. The van der Waals surface area contributed by atoms with Crippen molar-refractivity contribution in [2.45, 2.75) is 18.5 Å². The Balaban J connectivity index is 2.40. The monoisotopic (exact) mass is 163 g/mol. The van der Waals surface area contributed by atoms with Crippen LogP contribution >= 0.6 is 0 Å². The zero-order valence-corrected chi connectivity index (χ0v) is 7.12. The van der Waals surface area contributed by atoms with Crippen LogP contribution in [0.3, 0.4) is 0 Å². The van der Waals surface area contributed by atoms with Gasteiger partial charge in [-0.2, -0.15) is 0 Å². The second-order valence-corrected chi connectivity index (χ2v) is 3.18. The topological polar surface area (TPSA) is 50.9 Å². The lowest BCUT2D eigenvalue weighted by molar-refractivity contribution is 0.503. The average Bonchev–Trinajstić information content (AvgIpc) is 2.40. The third-order valence-corrected chi connectivity index (χ3v) is 2.42. The predicted molar refractivity (Wildman–Crippen MR) is 47.7 cm³/mol. The van der Waals surface area contributed by atoms with E-state index in [-0.39, 0.29) is 12.1 Å². The van der Waals surface area contributed by atoms with Crippen molar-refractivity contribution in [3.63, 3.8) is 0 Å². The second kappa shape index (κ2) is 2.84. The van der Waals surface area contributed by atoms with Gasteiger partial charge >= 0.3 is 0 Å². The number of likely N-dealkylation sites (N-methyl/N-ethyl adjacent to an activating group) is 1. The van der Waals surface area contributed by atoms with E-state index in [0.717, 1.165) is 12.1 Å². The van der Waals surface area contributed by atoms with Crippen molar-refractivity contribution in [3.05, 3.63) is 29.6 Å². The SMILES string of the molecule is CN[C@@H]1c2ncccc2C[C@H]1N. The van der Waals surface area contributed by atoms with E-state index in [1.807, 2.05) is 19.3 Å². The maximum atomic E-state index is 5.94. The van der Waals surface area contributed by atoms with Crippen LogP contribution in [0.5, 0.6) is 0 Å². The van der Waals surface area contributed by atoms with Crippen molar-refractivity contribution in [2.24, 2.45) is 5.73 Å². The van der Waals surface area contributed by atoms with Crippen LogP contribution < -0.4 is 11.1 Å². The van der Waals surface area contributed by atoms with Crippen LogP contribution in [-0.4, -0.2) is 18.1 Å². The zero-order valence-electron chi connectivity index (χ0n) is 7.12. The number of hydrogen-bond acceptors (Lipinski definition) is 3. The Morgan fingerprint density at radius 1 is 1.67 bits per heavy atom. The Kier molecular flexibility index (Phi) is 1.83. The van der Waals surface area contributed by atoms with Gasteiger partial charge in [0.25, 0.3) is 0 Å². The summed E-state index contributed by atoms with van der Waals surface area (Å²) >= 11 is 0. The van der Waals surface area contributed by atoms with E-state index < -0.39 is 0 Å². The predicted octanol–water partition coefficient (Wildman–Crippen LogP) is 0.226. The molecule has 0 fully saturated rings. The van der Waals surface area contributed by atoms with Gasteiger partial charge in [0, 0.05) is 12.2 Å². The molecule has 0 saturated carbocycles. The smallest absolute Gasteiger partial charge is 0.0652 e. The maximum Gasteiger partial charge on any atom is 0.0652 e. The van der Waals surface area contributed by atoms with Crippen molar-refractivity contribution in [1.82, 2.24) is 10.3 Å². The first kappa shape index (κ1) is 7.71. The molecule has 1 aromatic heterocycles. The fourth-order valence-corrected chi connectivity index (χ4v) is 1.83. The number of pyridine rings is 1.